The Labute approximate surface area is 88.1 Å². The fourth-order valence-corrected chi connectivity index (χ4v) is 1.84. The van der Waals surface area contributed by atoms with Crippen LogP contribution in [0.4, 0.5) is 0 Å². The lowest BCUT2D eigenvalue weighted by atomic mass is 10.1. The number of aromatic amines is 1. The Morgan fingerprint density at radius 3 is 3.27 bits per heavy atom. The van der Waals surface area contributed by atoms with Gasteiger partial charge < -0.3 is 10.0 Å². The van der Waals surface area contributed by atoms with Crippen LogP contribution < -0.4 is 0 Å². The van der Waals surface area contributed by atoms with E-state index < -0.39 is 0 Å². The first-order chi connectivity index (χ1) is 7.25. The van der Waals surface area contributed by atoms with Gasteiger partial charge >= 0.3 is 0 Å². The summed E-state index contributed by atoms with van der Waals surface area (Å²) >= 11 is 0. The third-order valence-corrected chi connectivity index (χ3v) is 2.65. The molecule has 82 valence electrons. The van der Waals surface area contributed by atoms with Crippen LogP contribution in [0.2, 0.25) is 0 Å². The second kappa shape index (κ2) is 4.44. The minimum Gasteiger partial charge on any atom is -0.391 e. The maximum absolute atomic E-state index is 11.8. The SMILES string of the molecule is O=C(Cc1ccn[nH]1)N1CCCC(O)C1. The molecule has 1 aromatic rings. The van der Waals surface area contributed by atoms with Crippen LogP contribution in [0.5, 0.6) is 0 Å². The molecule has 1 atom stereocenters. The Hall–Kier alpha value is -1.36. The molecule has 0 bridgehead atoms. The standard InChI is InChI=1S/C10H15N3O2/c14-9-2-1-5-13(7-9)10(15)6-8-3-4-11-12-8/h3-4,9,14H,1-2,5-7H2,(H,11,12). The van der Waals surface area contributed by atoms with Crippen LogP contribution in [-0.2, 0) is 11.2 Å². The number of β-amino-alcohol motifs (C(OH)–C–C–N with tert-alkyl or cyclic N) is 1. The molecular formula is C10H15N3O2. The van der Waals surface area contributed by atoms with Gasteiger partial charge in [0.15, 0.2) is 0 Å². The van der Waals surface area contributed by atoms with E-state index in [2.05, 4.69) is 10.2 Å². The third-order valence-electron chi connectivity index (χ3n) is 2.65. The van der Waals surface area contributed by atoms with E-state index in [0.717, 1.165) is 25.1 Å². The van der Waals surface area contributed by atoms with E-state index in [4.69, 9.17) is 0 Å². The predicted molar refractivity (Wildman–Crippen MR) is 54.1 cm³/mol. The number of H-pyrrole nitrogens is 1. The molecule has 1 aliphatic heterocycles. The molecule has 1 aromatic heterocycles. The van der Waals surface area contributed by atoms with Crippen LogP contribution >= 0.6 is 0 Å². The Morgan fingerprint density at radius 2 is 2.60 bits per heavy atom. The van der Waals surface area contributed by atoms with E-state index >= 15 is 0 Å². The summed E-state index contributed by atoms with van der Waals surface area (Å²) < 4.78 is 0. The molecule has 1 aliphatic rings. The number of hydrogen-bond acceptors (Lipinski definition) is 3. The highest BCUT2D eigenvalue weighted by atomic mass is 16.3. The van der Waals surface area contributed by atoms with E-state index in [1.165, 1.54) is 0 Å². The molecule has 0 spiro atoms. The topological polar surface area (TPSA) is 69.2 Å². The van der Waals surface area contributed by atoms with Crippen molar-refractivity contribution >= 4 is 5.91 Å². The van der Waals surface area contributed by atoms with Crippen LogP contribution in [0.25, 0.3) is 0 Å². The fourth-order valence-electron chi connectivity index (χ4n) is 1.84. The van der Waals surface area contributed by atoms with Gasteiger partial charge in [-0.25, -0.2) is 0 Å². The molecule has 2 rings (SSSR count). The molecule has 2 N–H and O–H groups in total. The number of carbonyl (C=O) groups excluding carboxylic acids is 1. The van der Waals surface area contributed by atoms with Gasteiger partial charge in [0.1, 0.15) is 0 Å². The molecule has 1 unspecified atom stereocenters. The van der Waals surface area contributed by atoms with Gasteiger partial charge in [-0.2, -0.15) is 5.10 Å². The van der Waals surface area contributed by atoms with E-state index in [1.54, 1.807) is 17.2 Å². The van der Waals surface area contributed by atoms with Crippen molar-refractivity contribution in [3.63, 3.8) is 0 Å². The highest BCUT2D eigenvalue weighted by Gasteiger charge is 2.22. The van der Waals surface area contributed by atoms with Crippen molar-refractivity contribution in [1.82, 2.24) is 15.1 Å². The average molecular weight is 209 g/mol. The molecule has 5 heteroatoms. The van der Waals surface area contributed by atoms with Crippen molar-refractivity contribution in [1.29, 1.82) is 0 Å². The number of aromatic nitrogens is 2. The summed E-state index contributed by atoms with van der Waals surface area (Å²) in [4.78, 5) is 13.5. The van der Waals surface area contributed by atoms with E-state index in [1.807, 2.05) is 0 Å². The molecular weight excluding hydrogens is 194 g/mol. The number of aliphatic hydroxyl groups excluding tert-OH is 1. The summed E-state index contributed by atoms with van der Waals surface area (Å²) in [6, 6.07) is 1.79. The molecule has 1 saturated heterocycles. The lowest BCUT2D eigenvalue weighted by Gasteiger charge is -2.30. The van der Waals surface area contributed by atoms with Crippen molar-refractivity contribution in [2.75, 3.05) is 13.1 Å². The van der Waals surface area contributed by atoms with Crippen molar-refractivity contribution < 1.29 is 9.90 Å². The summed E-state index contributed by atoms with van der Waals surface area (Å²) in [6.07, 6.45) is 3.30. The predicted octanol–water partition coefficient (Wildman–Crippen LogP) is -0.0645. The number of nitrogens with zero attached hydrogens (tertiary/aromatic N) is 2. The van der Waals surface area contributed by atoms with E-state index in [9.17, 15) is 9.90 Å². The van der Waals surface area contributed by atoms with Crippen molar-refractivity contribution in [2.24, 2.45) is 0 Å². The molecule has 0 saturated carbocycles. The maximum atomic E-state index is 11.8. The Bertz CT molecular complexity index is 323. The number of nitrogens with one attached hydrogen (secondary N) is 1. The highest BCUT2D eigenvalue weighted by molar-refractivity contribution is 5.78. The van der Waals surface area contributed by atoms with Gasteiger partial charge in [-0.3, -0.25) is 9.89 Å². The number of piperidine rings is 1. The average Bonchev–Trinajstić information content (AvgIpc) is 2.70. The number of likely N-dealkylation sites (tertiary alicyclic amines) is 1. The number of carbonyl (C=O) groups is 1. The third kappa shape index (κ3) is 2.56. The summed E-state index contributed by atoms with van der Waals surface area (Å²) in [5.74, 6) is 0.0537. The van der Waals surface area contributed by atoms with Gasteiger partial charge in [0, 0.05) is 25.0 Å². The Balaban J connectivity index is 1.90. The number of amides is 1. The number of aliphatic hydroxyl groups is 1. The smallest absolute Gasteiger partial charge is 0.228 e. The molecule has 1 amide bonds. The Morgan fingerprint density at radius 1 is 1.73 bits per heavy atom. The van der Waals surface area contributed by atoms with Gasteiger partial charge in [0.2, 0.25) is 5.91 Å². The zero-order valence-corrected chi connectivity index (χ0v) is 8.52. The summed E-state index contributed by atoms with van der Waals surface area (Å²) in [7, 11) is 0. The largest absolute Gasteiger partial charge is 0.391 e. The number of rotatable bonds is 2. The lowest BCUT2D eigenvalue weighted by molar-refractivity contribution is -0.133. The molecule has 0 aliphatic carbocycles. The van der Waals surface area contributed by atoms with Crippen LogP contribution in [0, 0.1) is 0 Å². The maximum Gasteiger partial charge on any atom is 0.228 e. The quantitative estimate of drug-likeness (QED) is 0.716. The van der Waals surface area contributed by atoms with Gasteiger partial charge in [-0.15, -0.1) is 0 Å². The van der Waals surface area contributed by atoms with Crippen molar-refractivity contribution in [2.45, 2.75) is 25.4 Å². The first-order valence-electron chi connectivity index (χ1n) is 5.20. The van der Waals surface area contributed by atoms with Crippen LogP contribution in [0.15, 0.2) is 12.3 Å². The molecule has 0 radical (unpaired) electrons. The molecule has 2 heterocycles. The Kier molecular flexibility index (Phi) is 3.01. The fraction of sp³-hybridized carbons (Fsp3) is 0.600. The van der Waals surface area contributed by atoms with Crippen molar-refractivity contribution in [3.8, 4) is 0 Å². The van der Waals surface area contributed by atoms with Gasteiger partial charge in [-0.1, -0.05) is 0 Å². The summed E-state index contributed by atoms with van der Waals surface area (Å²) in [6.45, 7) is 1.22. The first kappa shape index (κ1) is 10.2. The van der Waals surface area contributed by atoms with Gasteiger partial charge in [0.05, 0.1) is 12.5 Å². The molecule has 5 nitrogen and oxygen atoms in total. The minimum absolute atomic E-state index is 0.0537. The van der Waals surface area contributed by atoms with E-state index in [-0.39, 0.29) is 12.0 Å². The van der Waals surface area contributed by atoms with E-state index in [0.29, 0.717) is 13.0 Å². The zero-order chi connectivity index (χ0) is 10.7. The molecule has 15 heavy (non-hydrogen) atoms. The zero-order valence-electron chi connectivity index (χ0n) is 8.52. The molecule has 0 aromatic carbocycles. The van der Waals surface area contributed by atoms with Crippen molar-refractivity contribution in [3.05, 3.63) is 18.0 Å². The molecule has 1 fully saturated rings. The normalized spacial score (nSPS) is 21.7. The second-order valence-corrected chi connectivity index (χ2v) is 3.89. The summed E-state index contributed by atoms with van der Waals surface area (Å²) in [5.41, 5.74) is 0.820. The summed E-state index contributed by atoms with van der Waals surface area (Å²) in [5, 5.41) is 16.0. The monoisotopic (exact) mass is 209 g/mol. The minimum atomic E-state index is -0.357. The van der Waals surface area contributed by atoms with Crippen LogP contribution in [0.1, 0.15) is 18.5 Å². The van der Waals surface area contributed by atoms with Crippen LogP contribution in [-0.4, -0.2) is 45.3 Å². The van der Waals surface area contributed by atoms with Gasteiger partial charge in [-0.05, 0) is 18.9 Å². The lowest BCUT2D eigenvalue weighted by Crippen LogP contribution is -2.42. The van der Waals surface area contributed by atoms with Gasteiger partial charge in [0.25, 0.3) is 0 Å². The first-order valence-corrected chi connectivity index (χ1v) is 5.20. The highest BCUT2D eigenvalue weighted by Crippen LogP contribution is 2.11. The van der Waals surface area contributed by atoms with Crippen LogP contribution in [0.3, 0.4) is 0 Å². The number of hydrogen-bond donors (Lipinski definition) is 2. The second-order valence-electron chi connectivity index (χ2n) is 3.89.